The summed E-state index contributed by atoms with van der Waals surface area (Å²) in [4.78, 5) is 0. The van der Waals surface area contributed by atoms with Crippen LogP contribution in [0.4, 0.5) is 0 Å². The van der Waals surface area contributed by atoms with E-state index in [0.29, 0.717) is 5.76 Å². The maximum atomic E-state index is 10.8. The van der Waals surface area contributed by atoms with Gasteiger partial charge in [0.2, 0.25) is 10.0 Å². The maximum Gasteiger partial charge on any atom is 0.208 e. The highest BCUT2D eigenvalue weighted by Gasteiger charge is 2.23. The largest absolute Gasteiger partial charge is 0.469 e. The van der Waals surface area contributed by atoms with Crippen LogP contribution in [0.1, 0.15) is 12.7 Å². The van der Waals surface area contributed by atoms with Crippen LogP contribution in [0.15, 0.2) is 22.8 Å². The van der Waals surface area contributed by atoms with Gasteiger partial charge < -0.3 is 9.52 Å². The van der Waals surface area contributed by atoms with E-state index < -0.39 is 15.6 Å². The van der Waals surface area contributed by atoms with E-state index in [2.05, 4.69) is 4.72 Å². The molecule has 1 rings (SSSR count). The summed E-state index contributed by atoms with van der Waals surface area (Å²) in [7, 11) is -3.28. The highest BCUT2D eigenvalue weighted by molar-refractivity contribution is 7.88. The van der Waals surface area contributed by atoms with Crippen LogP contribution in [0.5, 0.6) is 0 Å². The zero-order valence-corrected chi connectivity index (χ0v) is 9.54. The van der Waals surface area contributed by atoms with Crippen molar-refractivity contribution in [1.29, 1.82) is 0 Å². The lowest BCUT2D eigenvalue weighted by Gasteiger charge is -2.21. The zero-order valence-electron chi connectivity index (χ0n) is 8.73. The van der Waals surface area contributed by atoms with Crippen LogP contribution in [0.25, 0.3) is 0 Å². The predicted octanol–water partition coefficient (Wildman–Crippen LogP) is 0.122. The minimum absolute atomic E-state index is 0.0352. The molecule has 0 unspecified atom stereocenters. The monoisotopic (exact) mass is 233 g/mol. The Balaban J connectivity index is 2.52. The molecule has 0 amide bonds. The van der Waals surface area contributed by atoms with Crippen LogP contribution in [-0.2, 0) is 16.4 Å². The molecule has 0 aromatic carbocycles. The summed E-state index contributed by atoms with van der Waals surface area (Å²) >= 11 is 0. The van der Waals surface area contributed by atoms with E-state index in [9.17, 15) is 13.5 Å². The smallest absolute Gasteiger partial charge is 0.208 e. The summed E-state index contributed by atoms with van der Waals surface area (Å²) in [6, 6.07) is 3.45. The summed E-state index contributed by atoms with van der Waals surface area (Å²) in [5, 5.41) is 9.86. The number of rotatable bonds is 5. The van der Waals surface area contributed by atoms with Gasteiger partial charge in [-0.05, 0) is 19.1 Å². The summed E-state index contributed by atoms with van der Waals surface area (Å²) in [5.74, 6) is 0.621. The molecule has 0 aliphatic heterocycles. The molecule has 5 nitrogen and oxygen atoms in total. The van der Waals surface area contributed by atoms with Crippen molar-refractivity contribution in [3.8, 4) is 0 Å². The van der Waals surface area contributed by atoms with Gasteiger partial charge in [0.1, 0.15) is 5.76 Å². The Hall–Kier alpha value is -0.850. The second kappa shape index (κ2) is 4.34. The van der Waals surface area contributed by atoms with Crippen LogP contribution in [0, 0.1) is 0 Å². The average molecular weight is 233 g/mol. The molecule has 0 bridgehead atoms. The van der Waals surface area contributed by atoms with Gasteiger partial charge in [-0.1, -0.05) is 0 Å². The second-order valence-corrected chi connectivity index (χ2v) is 5.68. The molecule has 0 saturated carbocycles. The summed E-state index contributed by atoms with van der Waals surface area (Å²) < 4.78 is 29.0. The summed E-state index contributed by atoms with van der Waals surface area (Å²) in [5.41, 5.74) is -1.15. The number of nitrogens with one attached hydrogen (secondary N) is 1. The lowest BCUT2D eigenvalue weighted by Crippen LogP contribution is -2.41. The Morgan fingerprint density at radius 3 is 2.73 bits per heavy atom. The van der Waals surface area contributed by atoms with Gasteiger partial charge in [0, 0.05) is 13.0 Å². The van der Waals surface area contributed by atoms with Gasteiger partial charge in [-0.15, -0.1) is 0 Å². The fraction of sp³-hybridized carbons (Fsp3) is 0.556. The van der Waals surface area contributed by atoms with Gasteiger partial charge >= 0.3 is 0 Å². The van der Waals surface area contributed by atoms with Crippen molar-refractivity contribution in [2.75, 3.05) is 12.8 Å². The molecular formula is C9H15NO4S. The molecule has 1 heterocycles. The van der Waals surface area contributed by atoms with Gasteiger partial charge in [0.15, 0.2) is 0 Å². The minimum Gasteiger partial charge on any atom is -0.469 e. The molecule has 15 heavy (non-hydrogen) atoms. The molecule has 0 aliphatic rings. The Kier molecular flexibility index (Phi) is 3.54. The highest BCUT2D eigenvalue weighted by Crippen LogP contribution is 2.12. The van der Waals surface area contributed by atoms with Crippen LogP contribution in [-0.4, -0.2) is 31.9 Å². The first-order valence-corrected chi connectivity index (χ1v) is 6.37. The Morgan fingerprint density at radius 1 is 1.60 bits per heavy atom. The molecule has 1 aromatic rings. The lowest BCUT2D eigenvalue weighted by atomic mass is 10.0. The third-order valence-corrected chi connectivity index (χ3v) is 2.52. The van der Waals surface area contributed by atoms with Crippen molar-refractivity contribution >= 4 is 10.0 Å². The molecule has 0 radical (unpaired) electrons. The van der Waals surface area contributed by atoms with Crippen molar-refractivity contribution in [3.63, 3.8) is 0 Å². The van der Waals surface area contributed by atoms with Gasteiger partial charge in [-0.2, -0.15) is 0 Å². The highest BCUT2D eigenvalue weighted by atomic mass is 32.2. The molecule has 86 valence electrons. The Labute approximate surface area is 89.2 Å². The molecule has 2 N–H and O–H groups in total. The number of sulfonamides is 1. The molecule has 0 fully saturated rings. The van der Waals surface area contributed by atoms with Crippen molar-refractivity contribution in [2.45, 2.75) is 18.9 Å². The first-order valence-electron chi connectivity index (χ1n) is 4.48. The average Bonchev–Trinajstić information content (AvgIpc) is 2.52. The van der Waals surface area contributed by atoms with Gasteiger partial charge in [-0.3, -0.25) is 0 Å². The van der Waals surface area contributed by atoms with E-state index in [1.807, 2.05) is 0 Å². The topological polar surface area (TPSA) is 79.5 Å². The number of hydrogen-bond acceptors (Lipinski definition) is 4. The van der Waals surface area contributed by atoms with Crippen molar-refractivity contribution in [1.82, 2.24) is 4.72 Å². The van der Waals surface area contributed by atoms with Gasteiger partial charge in [0.05, 0.1) is 18.1 Å². The van der Waals surface area contributed by atoms with Crippen LogP contribution in [0.2, 0.25) is 0 Å². The third-order valence-electron chi connectivity index (χ3n) is 1.85. The van der Waals surface area contributed by atoms with Crippen LogP contribution < -0.4 is 4.72 Å². The van der Waals surface area contributed by atoms with E-state index in [1.54, 1.807) is 19.1 Å². The van der Waals surface area contributed by atoms with Gasteiger partial charge in [-0.25, -0.2) is 13.1 Å². The zero-order chi connectivity index (χ0) is 11.5. The fourth-order valence-corrected chi connectivity index (χ4v) is 1.71. The quantitative estimate of drug-likeness (QED) is 0.757. The number of furan rings is 1. The van der Waals surface area contributed by atoms with Crippen molar-refractivity contribution in [3.05, 3.63) is 24.2 Å². The molecule has 1 aromatic heterocycles. The first-order chi connectivity index (χ1) is 6.79. The predicted molar refractivity (Wildman–Crippen MR) is 55.9 cm³/mol. The van der Waals surface area contributed by atoms with E-state index in [-0.39, 0.29) is 13.0 Å². The SMILES string of the molecule is C[C@@](O)(CNS(C)(=O)=O)Cc1ccco1. The molecule has 1 atom stereocenters. The van der Waals surface area contributed by atoms with Crippen molar-refractivity contribution < 1.29 is 17.9 Å². The number of hydrogen-bond donors (Lipinski definition) is 2. The van der Waals surface area contributed by atoms with Crippen LogP contribution in [0.3, 0.4) is 0 Å². The lowest BCUT2D eigenvalue weighted by molar-refractivity contribution is 0.0603. The maximum absolute atomic E-state index is 10.8. The van der Waals surface area contributed by atoms with Gasteiger partial charge in [0.25, 0.3) is 0 Å². The molecule has 6 heteroatoms. The van der Waals surface area contributed by atoms with Crippen molar-refractivity contribution in [2.24, 2.45) is 0 Å². The Bertz CT molecular complexity index is 394. The molecular weight excluding hydrogens is 218 g/mol. The minimum atomic E-state index is -3.28. The summed E-state index contributed by atoms with van der Waals surface area (Å²) in [6.07, 6.45) is 2.83. The second-order valence-electron chi connectivity index (χ2n) is 3.85. The number of aliphatic hydroxyl groups is 1. The van der Waals surface area contributed by atoms with E-state index in [1.165, 1.54) is 6.26 Å². The summed E-state index contributed by atoms with van der Waals surface area (Å²) in [6.45, 7) is 1.51. The van der Waals surface area contributed by atoms with Crippen LogP contribution >= 0.6 is 0 Å². The third kappa shape index (κ3) is 4.96. The normalized spacial score (nSPS) is 16.2. The first kappa shape index (κ1) is 12.2. The molecule has 0 spiro atoms. The van der Waals surface area contributed by atoms with E-state index in [0.717, 1.165) is 6.26 Å². The Morgan fingerprint density at radius 2 is 2.27 bits per heavy atom. The standard InChI is InChI=1S/C9H15NO4S/c1-9(11,7-10-15(2,12)13)6-8-4-3-5-14-8/h3-5,10-11H,6-7H2,1-2H3/t9-/m0/s1. The fourth-order valence-electron chi connectivity index (χ4n) is 1.14. The molecule has 0 saturated heterocycles. The molecule has 0 aliphatic carbocycles. The van der Waals surface area contributed by atoms with E-state index in [4.69, 9.17) is 4.42 Å². The van der Waals surface area contributed by atoms with E-state index >= 15 is 0 Å².